The third-order valence-electron chi connectivity index (χ3n) is 2.30. The minimum absolute atomic E-state index is 0.280. The molecule has 1 aliphatic heterocycles. The van der Waals surface area contributed by atoms with Crippen LogP contribution in [0.25, 0.3) is 0 Å². The number of hydrogen-bond acceptors (Lipinski definition) is 2. The van der Waals surface area contributed by atoms with E-state index in [0.29, 0.717) is 6.42 Å². The second kappa shape index (κ2) is 1.94. The van der Waals surface area contributed by atoms with Gasteiger partial charge in [-0.15, -0.1) is 0 Å². The van der Waals surface area contributed by atoms with Gasteiger partial charge >= 0.3 is 0 Å². The second-order valence-corrected chi connectivity index (χ2v) is 5.16. The summed E-state index contributed by atoms with van der Waals surface area (Å²) in [4.78, 5) is 0. The van der Waals surface area contributed by atoms with Crippen LogP contribution in [0.1, 0.15) is 20.3 Å². The fraction of sp³-hybridized carbons (Fsp3) is 1.00. The van der Waals surface area contributed by atoms with Gasteiger partial charge in [-0.1, -0.05) is 6.92 Å². The largest absolute Gasteiger partial charge is 0.241 e. The average molecular weight is 166 g/mol. The Labute approximate surface area is 60.3 Å². The third-order valence-corrected chi connectivity index (χ3v) is 4.68. The zero-order valence-corrected chi connectivity index (χ0v) is 6.91. The van der Waals surface area contributed by atoms with E-state index in [1.54, 1.807) is 6.92 Å². The standard InChI is InChI=1S/C6H11FO2S/c1-3-6(7)4-10(8,9)5(6)2/h5H,3-4H2,1-2H3. The molecule has 0 spiro atoms. The molecule has 0 aliphatic carbocycles. The van der Waals surface area contributed by atoms with E-state index in [-0.39, 0.29) is 5.75 Å². The van der Waals surface area contributed by atoms with Crippen LogP contribution in [0.2, 0.25) is 0 Å². The number of sulfone groups is 1. The van der Waals surface area contributed by atoms with E-state index < -0.39 is 20.8 Å². The first-order valence-corrected chi connectivity index (χ1v) is 5.04. The van der Waals surface area contributed by atoms with Gasteiger partial charge in [0.25, 0.3) is 0 Å². The summed E-state index contributed by atoms with van der Waals surface area (Å²) >= 11 is 0. The van der Waals surface area contributed by atoms with Crippen molar-refractivity contribution in [2.24, 2.45) is 0 Å². The fourth-order valence-corrected chi connectivity index (χ4v) is 3.16. The van der Waals surface area contributed by atoms with Gasteiger partial charge in [-0.25, -0.2) is 12.8 Å². The van der Waals surface area contributed by atoms with Crippen LogP contribution in [0.15, 0.2) is 0 Å². The van der Waals surface area contributed by atoms with E-state index in [2.05, 4.69) is 0 Å². The molecular weight excluding hydrogens is 155 g/mol. The number of alkyl halides is 1. The lowest BCUT2D eigenvalue weighted by Gasteiger charge is -2.39. The summed E-state index contributed by atoms with van der Waals surface area (Å²) in [6.07, 6.45) is 0.299. The highest BCUT2D eigenvalue weighted by atomic mass is 32.2. The van der Waals surface area contributed by atoms with Crippen molar-refractivity contribution in [1.82, 2.24) is 0 Å². The highest BCUT2D eigenvalue weighted by molar-refractivity contribution is 7.93. The quantitative estimate of drug-likeness (QED) is 0.580. The molecule has 1 saturated heterocycles. The molecule has 0 N–H and O–H groups in total. The summed E-state index contributed by atoms with van der Waals surface area (Å²) in [7, 11) is -3.05. The van der Waals surface area contributed by atoms with Crippen LogP contribution in [0.3, 0.4) is 0 Å². The number of hydrogen-bond donors (Lipinski definition) is 0. The monoisotopic (exact) mass is 166 g/mol. The topological polar surface area (TPSA) is 34.1 Å². The van der Waals surface area contributed by atoms with Crippen LogP contribution < -0.4 is 0 Å². The molecule has 1 fully saturated rings. The zero-order valence-electron chi connectivity index (χ0n) is 6.09. The van der Waals surface area contributed by atoms with Gasteiger partial charge in [0.2, 0.25) is 0 Å². The lowest BCUT2D eigenvalue weighted by atomic mass is 10.0. The molecule has 0 aromatic heterocycles. The Morgan fingerprint density at radius 1 is 1.70 bits per heavy atom. The Morgan fingerprint density at radius 3 is 2.30 bits per heavy atom. The molecule has 2 atom stereocenters. The molecule has 0 saturated carbocycles. The third kappa shape index (κ3) is 0.856. The summed E-state index contributed by atoms with van der Waals surface area (Å²) in [5.74, 6) is -0.280. The predicted molar refractivity (Wildman–Crippen MR) is 37.4 cm³/mol. The van der Waals surface area contributed by atoms with Gasteiger partial charge in [-0.05, 0) is 13.3 Å². The molecule has 1 rings (SSSR count). The summed E-state index contributed by atoms with van der Waals surface area (Å²) in [5.41, 5.74) is -1.43. The van der Waals surface area contributed by atoms with Crippen LogP contribution in [-0.2, 0) is 9.84 Å². The molecule has 0 aromatic rings. The van der Waals surface area contributed by atoms with E-state index in [1.807, 2.05) is 0 Å². The van der Waals surface area contributed by atoms with Gasteiger partial charge in [0.1, 0.15) is 5.67 Å². The average Bonchev–Trinajstić information content (AvgIpc) is 1.86. The Hall–Kier alpha value is -0.120. The van der Waals surface area contributed by atoms with Crippen LogP contribution in [0.5, 0.6) is 0 Å². The molecule has 2 nitrogen and oxygen atoms in total. The first-order chi connectivity index (χ1) is 4.42. The second-order valence-electron chi connectivity index (χ2n) is 2.84. The van der Waals surface area contributed by atoms with Crippen molar-refractivity contribution in [3.8, 4) is 0 Å². The molecule has 10 heavy (non-hydrogen) atoms. The van der Waals surface area contributed by atoms with Gasteiger partial charge in [-0.3, -0.25) is 0 Å². The van der Waals surface area contributed by atoms with Crippen LogP contribution in [-0.4, -0.2) is 25.1 Å². The molecule has 0 amide bonds. The predicted octanol–water partition coefficient (Wildman–Crippen LogP) is 0.922. The SMILES string of the molecule is CCC1(F)CS(=O)(=O)C1C. The van der Waals surface area contributed by atoms with Crippen molar-refractivity contribution in [3.05, 3.63) is 0 Å². The molecule has 0 radical (unpaired) electrons. The van der Waals surface area contributed by atoms with Crippen LogP contribution in [0.4, 0.5) is 4.39 Å². The van der Waals surface area contributed by atoms with E-state index in [4.69, 9.17) is 0 Å². The first-order valence-electron chi connectivity index (χ1n) is 3.33. The Kier molecular flexibility index (Phi) is 1.54. The minimum atomic E-state index is -3.05. The van der Waals surface area contributed by atoms with E-state index in [1.165, 1.54) is 6.92 Å². The van der Waals surface area contributed by atoms with Gasteiger partial charge in [0.05, 0.1) is 11.0 Å². The van der Waals surface area contributed by atoms with Crippen LogP contribution >= 0.6 is 0 Å². The summed E-state index contributed by atoms with van der Waals surface area (Å²) in [5, 5.41) is -0.787. The minimum Gasteiger partial charge on any atom is -0.241 e. The van der Waals surface area contributed by atoms with Crippen molar-refractivity contribution in [3.63, 3.8) is 0 Å². The van der Waals surface area contributed by atoms with E-state index in [0.717, 1.165) is 0 Å². The highest BCUT2D eigenvalue weighted by Gasteiger charge is 2.55. The fourth-order valence-electron chi connectivity index (χ4n) is 1.19. The Bertz CT molecular complexity index is 234. The van der Waals surface area contributed by atoms with Crippen molar-refractivity contribution in [2.75, 3.05) is 5.75 Å². The molecule has 60 valence electrons. The zero-order chi connectivity index (χ0) is 7.99. The van der Waals surface area contributed by atoms with Crippen molar-refractivity contribution >= 4 is 9.84 Å². The smallest absolute Gasteiger partial charge is 0.159 e. The molecule has 0 aromatic carbocycles. The number of rotatable bonds is 1. The Balaban J connectivity index is 2.81. The van der Waals surface area contributed by atoms with Crippen molar-refractivity contribution in [1.29, 1.82) is 0 Å². The molecule has 1 aliphatic rings. The molecule has 4 heteroatoms. The highest BCUT2D eigenvalue weighted by Crippen LogP contribution is 2.38. The van der Waals surface area contributed by atoms with E-state index >= 15 is 0 Å². The molecule has 0 bridgehead atoms. The first kappa shape index (κ1) is 7.98. The van der Waals surface area contributed by atoms with E-state index in [9.17, 15) is 12.8 Å². The molecular formula is C6H11FO2S. The maximum atomic E-state index is 13.1. The summed E-state index contributed by atoms with van der Waals surface area (Å²) in [6.45, 7) is 3.10. The molecule has 2 unspecified atom stereocenters. The van der Waals surface area contributed by atoms with Crippen molar-refractivity contribution in [2.45, 2.75) is 31.2 Å². The normalized spacial score (nSPS) is 44.5. The summed E-state index contributed by atoms with van der Waals surface area (Å²) in [6, 6.07) is 0. The van der Waals surface area contributed by atoms with Gasteiger partial charge in [-0.2, -0.15) is 0 Å². The molecule has 1 heterocycles. The lowest BCUT2D eigenvalue weighted by molar-refractivity contribution is 0.158. The summed E-state index contributed by atoms with van der Waals surface area (Å²) < 4.78 is 34.7. The van der Waals surface area contributed by atoms with Gasteiger partial charge in [0.15, 0.2) is 9.84 Å². The van der Waals surface area contributed by atoms with Crippen LogP contribution in [0, 0.1) is 0 Å². The maximum absolute atomic E-state index is 13.1. The van der Waals surface area contributed by atoms with Gasteiger partial charge in [0, 0.05) is 0 Å². The Morgan fingerprint density at radius 2 is 2.20 bits per heavy atom. The van der Waals surface area contributed by atoms with Crippen molar-refractivity contribution < 1.29 is 12.8 Å². The maximum Gasteiger partial charge on any atom is 0.159 e. The lowest BCUT2D eigenvalue weighted by Crippen LogP contribution is -2.58. The number of halogens is 1. The van der Waals surface area contributed by atoms with Gasteiger partial charge < -0.3 is 0 Å².